The summed E-state index contributed by atoms with van der Waals surface area (Å²) in [6, 6.07) is 12.8. The highest BCUT2D eigenvalue weighted by Crippen LogP contribution is 2.17. The van der Waals surface area contributed by atoms with Crippen molar-refractivity contribution in [2.45, 2.75) is 0 Å². The first-order valence-corrected chi connectivity index (χ1v) is 7.73. The van der Waals surface area contributed by atoms with Gasteiger partial charge < -0.3 is 10.1 Å². The van der Waals surface area contributed by atoms with E-state index in [9.17, 15) is 9.18 Å². The van der Waals surface area contributed by atoms with Gasteiger partial charge in [0.2, 0.25) is 0 Å². The molecule has 0 aliphatic carbocycles. The second-order valence-corrected chi connectivity index (χ2v) is 5.70. The Bertz CT molecular complexity index is 697. The first kappa shape index (κ1) is 17.2. The third-order valence-corrected chi connectivity index (χ3v) is 3.28. The van der Waals surface area contributed by atoms with Crippen LogP contribution in [-0.4, -0.2) is 17.6 Å². The van der Waals surface area contributed by atoms with Crippen LogP contribution in [0.5, 0.6) is 5.75 Å². The van der Waals surface area contributed by atoms with Gasteiger partial charge in [0.15, 0.2) is 11.7 Å². The lowest BCUT2D eigenvalue weighted by atomic mass is 10.3. The lowest BCUT2D eigenvalue weighted by Gasteiger charge is -2.12. The number of ether oxygens (including phenoxy) is 1. The number of carbonyl (C=O) groups is 1. The maximum Gasteiger partial charge on any atom is 0.276 e. The molecule has 0 aromatic heterocycles. The van der Waals surface area contributed by atoms with E-state index in [1.54, 1.807) is 18.2 Å². The molecule has 23 heavy (non-hydrogen) atoms. The first-order chi connectivity index (χ1) is 11.0. The van der Waals surface area contributed by atoms with E-state index in [0.717, 1.165) is 4.47 Å². The molecule has 0 spiro atoms. The number of carbonyl (C=O) groups excluding carboxylic acids is 1. The number of hydrogen-bond donors (Lipinski definition) is 3. The number of nitrogens with one attached hydrogen (secondary N) is 3. The van der Waals surface area contributed by atoms with E-state index in [4.69, 9.17) is 17.0 Å². The van der Waals surface area contributed by atoms with Gasteiger partial charge in [0.05, 0.1) is 0 Å². The predicted molar refractivity (Wildman–Crippen MR) is 93.5 cm³/mol. The number of amides is 1. The van der Waals surface area contributed by atoms with Gasteiger partial charge in [-0.15, -0.1) is 0 Å². The zero-order valence-electron chi connectivity index (χ0n) is 11.8. The summed E-state index contributed by atoms with van der Waals surface area (Å²) in [4.78, 5) is 11.7. The zero-order chi connectivity index (χ0) is 16.7. The van der Waals surface area contributed by atoms with E-state index in [1.807, 2.05) is 6.07 Å². The van der Waals surface area contributed by atoms with Crippen LogP contribution in [0.3, 0.4) is 0 Å². The fourth-order valence-electron chi connectivity index (χ4n) is 1.56. The third-order valence-electron chi connectivity index (χ3n) is 2.58. The number of benzene rings is 2. The molecule has 0 fully saturated rings. The summed E-state index contributed by atoms with van der Waals surface area (Å²) in [6.45, 7) is -0.164. The number of hydrazine groups is 1. The molecule has 0 radical (unpaired) electrons. The van der Waals surface area contributed by atoms with Crippen LogP contribution in [0, 0.1) is 5.82 Å². The summed E-state index contributed by atoms with van der Waals surface area (Å²) in [7, 11) is 0. The van der Waals surface area contributed by atoms with Crippen LogP contribution in [0.25, 0.3) is 0 Å². The standard InChI is InChI=1S/C15H13BrFN3O2S/c16-10-2-1-3-13(8-10)22-9-14(21)19-20-15(23)18-12-6-4-11(17)5-7-12/h1-8H,9H2,(H,19,21)(H2,18,20,23). The van der Waals surface area contributed by atoms with Gasteiger partial charge in [-0.05, 0) is 54.7 Å². The average Bonchev–Trinajstić information content (AvgIpc) is 2.53. The predicted octanol–water partition coefficient (Wildman–Crippen LogP) is 2.98. The van der Waals surface area contributed by atoms with E-state index in [2.05, 4.69) is 32.1 Å². The molecule has 5 nitrogen and oxygen atoms in total. The zero-order valence-corrected chi connectivity index (χ0v) is 14.2. The summed E-state index contributed by atoms with van der Waals surface area (Å²) in [5.74, 6) is -0.165. The largest absolute Gasteiger partial charge is 0.484 e. The highest BCUT2D eigenvalue weighted by molar-refractivity contribution is 9.10. The number of anilines is 1. The Labute approximate surface area is 146 Å². The molecule has 0 aliphatic rings. The molecular weight excluding hydrogens is 385 g/mol. The van der Waals surface area contributed by atoms with Gasteiger partial charge in [0, 0.05) is 10.2 Å². The van der Waals surface area contributed by atoms with Crippen molar-refractivity contribution in [3.05, 3.63) is 58.8 Å². The molecule has 0 aliphatic heterocycles. The Morgan fingerprint density at radius 2 is 1.91 bits per heavy atom. The monoisotopic (exact) mass is 397 g/mol. The van der Waals surface area contributed by atoms with Gasteiger partial charge in [0.25, 0.3) is 5.91 Å². The molecule has 1 amide bonds. The minimum Gasteiger partial charge on any atom is -0.484 e. The van der Waals surface area contributed by atoms with Gasteiger partial charge in [-0.2, -0.15) is 0 Å². The second kappa shape index (κ2) is 8.44. The maximum atomic E-state index is 12.8. The molecule has 2 aromatic carbocycles. The van der Waals surface area contributed by atoms with E-state index in [1.165, 1.54) is 24.3 Å². The molecule has 120 valence electrons. The van der Waals surface area contributed by atoms with E-state index >= 15 is 0 Å². The number of rotatable bonds is 4. The molecule has 0 saturated carbocycles. The highest BCUT2D eigenvalue weighted by Gasteiger charge is 2.04. The minimum atomic E-state index is -0.395. The summed E-state index contributed by atoms with van der Waals surface area (Å²) in [6.07, 6.45) is 0. The fourth-order valence-corrected chi connectivity index (χ4v) is 2.11. The highest BCUT2D eigenvalue weighted by atomic mass is 79.9. The molecule has 0 bridgehead atoms. The molecule has 0 atom stereocenters. The second-order valence-electron chi connectivity index (χ2n) is 4.38. The Hall–Kier alpha value is -2.19. The van der Waals surface area contributed by atoms with E-state index in [0.29, 0.717) is 11.4 Å². The van der Waals surface area contributed by atoms with Crippen molar-refractivity contribution >= 4 is 44.9 Å². The normalized spacial score (nSPS) is 9.83. The molecule has 0 saturated heterocycles. The van der Waals surface area contributed by atoms with Gasteiger partial charge in [-0.1, -0.05) is 22.0 Å². The van der Waals surface area contributed by atoms with Crippen molar-refractivity contribution in [2.75, 3.05) is 11.9 Å². The first-order valence-electron chi connectivity index (χ1n) is 6.53. The van der Waals surface area contributed by atoms with Crippen LogP contribution in [0.15, 0.2) is 53.0 Å². The lowest BCUT2D eigenvalue weighted by molar-refractivity contribution is -0.123. The van der Waals surface area contributed by atoms with Gasteiger partial charge >= 0.3 is 0 Å². The van der Waals surface area contributed by atoms with Crippen LogP contribution >= 0.6 is 28.1 Å². The van der Waals surface area contributed by atoms with Crippen LogP contribution in [0.2, 0.25) is 0 Å². The van der Waals surface area contributed by atoms with E-state index < -0.39 is 5.91 Å². The van der Waals surface area contributed by atoms with Crippen molar-refractivity contribution in [1.29, 1.82) is 0 Å². The molecule has 0 heterocycles. The summed E-state index contributed by atoms with van der Waals surface area (Å²) >= 11 is 8.32. The van der Waals surface area contributed by atoms with E-state index in [-0.39, 0.29) is 17.5 Å². The Morgan fingerprint density at radius 3 is 2.61 bits per heavy atom. The van der Waals surface area contributed by atoms with Gasteiger partial charge in [-0.3, -0.25) is 15.6 Å². The topological polar surface area (TPSA) is 62.4 Å². The molecule has 3 N–H and O–H groups in total. The van der Waals surface area contributed by atoms with Crippen LogP contribution in [0.4, 0.5) is 10.1 Å². The Kier molecular flexibility index (Phi) is 6.30. The van der Waals surface area contributed by atoms with Crippen molar-refractivity contribution < 1.29 is 13.9 Å². The van der Waals surface area contributed by atoms with Crippen molar-refractivity contribution in [1.82, 2.24) is 10.9 Å². The quantitative estimate of drug-likeness (QED) is 0.546. The van der Waals surface area contributed by atoms with Crippen molar-refractivity contribution in [2.24, 2.45) is 0 Å². The SMILES string of the molecule is O=C(COc1cccc(Br)c1)NNC(=S)Nc1ccc(F)cc1. The lowest BCUT2D eigenvalue weighted by Crippen LogP contribution is -2.45. The van der Waals surface area contributed by atoms with Gasteiger partial charge in [-0.25, -0.2) is 4.39 Å². The van der Waals surface area contributed by atoms with Crippen molar-refractivity contribution in [3.63, 3.8) is 0 Å². The van der Waals surface area contributed by atoms with Crippen molar-refractivity contribution in [3.8, 4) is 5.75 Å². The maximum absolute atomic E-state index is 12.8. The van der Waals surface area contributed by atoms with Crippen LogP contribution in [-0.2, 0) is 4.79 Å². The number of hydrogen-bond acceptors (Lipinski definition) is 3. The fraction of sp³-hybridized carbons (Fsp3) is 0.0667. The molecule has 8 heteroatoms. The average molecular weight is 398 g/mol. The molecular formula is C15H13BrFN3O2S. The summed E-state index contributed by atoms with van der Waals surface area (Å²) in [5.41, 5.74) is 5.53. The van der Waals surface area contributed by atoms with Crippen LogP contribution < -0.4 is 20.9 Å². The summed E-state index contributed by atoms with van der Waals surface area (Å²) in [5, 5.41) is 2.97. The Morgan fingerprint density at radius 1 is 1.17 bits per heavy atom. The van der Waals surface area contributed by atoms with Gasteiger partial charge in [0.1, 0.15) is 11.6 Å². The number of halogens is 2. The summed E-state index contributed by atoms with van der Waals surface area (Å²) < 4.78 is 19.0. The smallest absolute Gasteiger partial charge is 0.276 e. The Balaban J connectivity index is 1.71. The van der Waals surface area contributed by atoms with Crippen LogP contribution in [0.1, 0.15) is 0 Å². The third kappa shape index (κ3) is 6.21. The minimum absolute atomic E-state index is 0.164. The molecule has 2 aromatic rings. The number of thiocarbonyl (C=S) groups is 1. The molecule has 0 unspecified atom stereocenters. The molecule has 2 rings (SSSR count).